The van der Waals surface area contributed by atoms with Gasteiger partial charge in [0.15, 0.2) is 23.9 Å². The van der Waals surface area contributed by atoms with E-state index in [0.717, 1.165) is 72.8 Å². The zero-order chi connectivity index (χ0) is 93.5. The molecule has 129 heavy (non-hydrogen) atoms. The third kappa shape index (κ3) is 22.7. The fraction of sp³-hybridized carbons (Fsp3) is 0.424. The second-order valence-electron chi connectivity index (χ2n) is 32.4. The molecule has 0 aliphatic carbocycles. The fourth-order valence-electron chi connectivity index (χ4n) is 15.4. The number of ether oxygens (including phenoxy) is 6. The molecule has 7 aromatic rings. The molecule has 7 aliphatic rings. The van der Waals surface area contributed by atoms with Crippen LogP contribution in [0.1, 0.15) is 117 Å². The summed E-state index contributed by atoms with van der Waals surface area (Å²) in [6, 6.07) is 4.72. The molecule has 692 valence electrons. The summed E-state index contributed by atoms with van der Waals surface area (Å²) >= 11 is 20.2. The lowest BCUT2D eigenvalue weighted by atomic mass is 9.85. The van der Waals surface area contributed by atoms with Crippen LogP contribution in [0.2, 0.25) is 15.1 Å². The van der Waals surface area contributed by atoms with Gasteiger partial charge in [0.1, 0.15) is 107 Å². The van der Waals surface area contributed by atoms with Crippen LogP contribution in [0.25, 0.3) is 11.1 Å². The average Bonchev–Trinajstić information content (AvgIpc) is 0.767. The van der Waals surface area contributed by atoms with Gasteiger partial charge in [-0.1, -0.05) is 72.9 Å². The smallest absolute Gasteiger partial charge is 0.349 e. The van der Waals surface area contributed by atoms with Gasteiger partial charge >= 0.3 is 5.69 Å². The normalized spacial score (nSPS) is 25.6. The number of aliphatic hydroxyl groups excluding tert-OH is 6. The molecular formula is C85H98Cl3FN14O26. The number of aromatic hydroxyl groups is 3. The molecule has 44 heteroatoms. The number of carbonyl (C=O) groups is 9. The van der Waals surface area contributed by atoms with Gasteiger partial charge in [-0.25, -0.2) is 14.7 Å². The van der Waals surface area contributed by atoms with Crippen molar-refractivity contribution in [2.75, 3.05) is 52.8 Å². The number of likely N-dealkylation sites (N-methyl/N-ethyl adjacent to an activating group) is 1. The Morgan fingerprint density at radius 3 is 2.03 bits per heavy atom. The number of phenols is 3. The largest absolute Gasteiger partial charge is 0.508 e. The van der Waals surface area contributed by atoms with Gasteiger partial charge in [0.05, 0.1) is 59.4 Å². The summed E-state index contributed by atoms with van der Waals surface area (Å²) in [6.45, 7) is 5.89. The molecule has 40 nitrogen and oxygen atoms in total. The molecule has 2 saturated heterocycles. The minimum absolute atomic E-state index is 0.0637. The van der Waals surface area contributed by atoms with Crippen LogP contribution in [0.3, 0.4) is 0 Å². The van der Waals surface area contributed by atoms with Crippen LogP contribution in [-0.2, 0) is 75.2 Å². The molecule has 0 spiro atoms. The Balaban J connectivity index is 0.995. The van der Waals surface area contributed by atoms with Crippen LogP contribution in [0.5, 0.6) is 46.0 Å². The number of primary amides is 1. The average molecular weight is 1860 g/mol. The highest BCUT2D eigenvalue weighted by atomic mass is 35.5. The summed E-state index contributed by atoms with van der Waals surface area (Å²) in [5, 5.41) is 130. The van der Waals surface area contributed by atoms with E-state index in [9.17, 15) is 74.3 Å². The number of anilines is 1. The minimum atomic E-state index is -2.40. The summed E-state index contributed by atoms with van der Waals surface area (Å²) in [6.07, 6.45) is -18.2. The zero-order valence-electron chi connectivity index (χ0n) is 70.3. The van der Waals surface area contributed by atoms with Gasteiger partial charge in [0.2, 0.25) is 59.3 Å². The van der Waals surface area contributed by atoms with Crippen molar-refractivity contribution < 1.29 is 127 Å². The number of rotatable bonds is 25. The summed E-state index contributed by atoms with van der Waals surface area (Å²) in [7, 11) is 5.04. The number of hydroxylamine groups is 1. The number of nitrogens with two attached hydrogens (primary N) is 1. The van der Waals surface area contributed by atoms with E-state index in [-0.39, 0.29) is 78.2 Å². The number of fused-ring (bicyclic) bond motifs is 15. The van der Waals surface area contributed by atoms with E-state index >= 15 is 24.0 Å². The zero-order valence-corrected chi connectivity index (χ0v) is 72.5. The molecule has 11 bridgehead atoms. The third-order valence-electron chi connectivity index (χ3n) is 22.1. The van der Waals surface area contributed by atoms with E-state index in [0.29, 0.717) is 18.5 Å². The highest BCUT2D eigenvalue weighted by Crippen LogP contribution is 2.50. The van der Waals surface area contributed by atoms with E-state index in [1.165, 1.54) is 55.1 Å². The SMILES string of the molecule is CN[C@H](CC(C)C)C(=O)N[C@H]1C(=O)N[C@@H](CC(N)=O)C(=O)N[C@H]2C(=O)N[C@H]3C(=O)N[C@H](C(=O)N[C@@H](C(=O)NOCCCN(C)C)c4cc(O)cc(O)c4-c4cc3ccc4O)[C@H](O)c3ccc(c(Cl)c3)Oc3cc2cc(c3O[C@@H]2O[C@H](CO)[C@@H](O)[C@H](O)[C@H]2O[C@H]2C[C@](C)(NCCn3ccc(NC(=O)Cc4ccc(Cl)c(F)c4)nc3=O)[C@H](O)[C@H](C)O2)Oc2ccc(cc2Cl)[C@H]1O. The fourth-order valence-corrected chi connectivity index (χ4v) is 16.0. The number of nitrogens with one attached hydrogen (secondary N) is 10. The maximum atomic E-state index is 16.4. The number of carbonyl (C=O) groups excluding carboxylic acids is 9. The van der Waals surface area contributed by atoms with Crippen molar-refractivity contribution in [3.05, 3.63) is 174 Å². The van der Waals surface area contributed by atoms with Crippen molar-refractivity contribution in [2.24, 2.45) is 11.7 Å². The monoisotopic (exact) mass is 1850 g/mol. The van der Waals surface area contributed by atoms with Gasteiger partial charge in [-0.3, -0.25) is 52.6 Å². The molecule has 2 fully saturated rings. The van der Waals surface area contributed by atoms with Crippen LogP contribution >= 0.6 is 34.8 Å². The standard InChI is InChI=1S/C85H98Cl3FN14O26/c1-36(2)23-50(91-5)76(115)99-67-69(110)40-11-15-54(47(87)27-40)125-56-29-42-30-57(73(56)129-83-74(72(113)71(112)58(35-104)127-83)128-62-34-85(4,75(114)37(3)124-62)92-18-21-103-20-17-60(95-84(103)122)94-61(109)25-38-9-13-46(86)49(89)24-38)126-55-16-12-41(28-48(55)88)70(111)68-81(120)98-66(82(121)101-123-22-8-19-102(6)7)45-31-43(105)32-53(107)63(45)44-26-39(10-14-52(44)106)64(78(117)100-68)97-79(118)65(42)96-77(116)51(33-59(90)108)93-80(67)119/h9-17,20,24,26-32,36-37,50-51,58,62,64-72,74-75,83,91-92,104-107,110-114H,8,18-19,21-23,25,33-35H2,1-7H3,(H2,90,108)(H,93,119)(H,96,116)(H,97,118)(H,98,120)(H,99,115)(H,100,117)(H,101,121)(H,94,95,109,122)/t37-,50+,51-,58+,62-,64+,65+,66+,67+,68-,69+,70+,71+,72-,74+,75+,83-,85-/m0/s1. The molecule has 6 aromatic carbocycles. The van der Waals surface area contributed by atoms with Crippen molar-refractivity contribution in [1.29, 1.82) is 0 Å². The first-order chi connectivity index (χ1) is 61.2. The molecule has 18 atom stereocenters. The van der Waals surface area contributed by atoms with Crippen LogP contribution in [0, 0.1) is 11.7 Å². The summed E-state index contributed by atoms with van der Waals surface area (Å²) in [5.74, 6) is -17.0. The number of benzene rings is 6. The Hall–Kier alpha value is -11.5. The van der Waals surface area contributed by atoms with Gasteiger partial charge in [-0.2, -0.15) is 4.98 Å². The van der Waals surface area contributed by atoms with E-state index in [2.05, 4.69) is 58.3 Å². The molecule has 0 unspecified atom stereocenters. The van der Waals surface area contributed by atoms with E-state index in [1.807, 2.05) is 18.7 Å². The Bertz CT molecular complexity index is 5470. The number of halogens is 4. The van der Waals surface area contributed by atoms with Crippen LogP contribution in [0.4, 0.5) is 10.2 Å². The summed E-state index contributed by atoms with van der Waals surface area (Å²) < 4.78 is 54.8. The van der Waals surface area contributed by atoms with Crippen molar-refractivity contribution >= 4 is 93.8 Å². The van der Waals surface area contributed by atoms with Gasteiger partial charge in [0.25, 0.3) is 5.91 Å². The molecule has 8 heterocycles. The highest BCUT2D eigenvalue weighted by molar-refractivity contribution is 6.32. The Morgan fingerprint density at radius 2 is 1.40 bits per heavy atom. The first kappa shape index (κ1) is 96.6. The number of phenolic OH excluding ortho intramolecular Hbond substituents is 3. The Labute approximate surface area is 750 Å². The maximum absolute atomic E-state index is 16.4. The number of aromatic nitrogens is 2. The number of hydrogen-bond donors (Lipinski definition) is 20. The molecule has 1 aromatic heterocycles. The molecule has 7 aliphatic heterocycles. The van der Waals surface area contributed by atoms with Crippen LogP contribution in [0.15, 0.2) is 114 Å². The number of amides is 9. The predicted octanol–water partition coefficient (Wildman–Crippen LogP) is 1.88. The molecule has 0 radical (unpaired) electrons. The van der Waals surface area contributed by atoms with E-state index in [1.54, 1.807) is 21.0 Å². The molecular weight excluding hydrogens is 1760 g/mol. The summed E-state index contributed by atoms with van der Waals surface area (Å²) in [4.78, 5) is 158. The molecule has 21 N–H and O–H groups in total. The number of aliphatic hydroxyl groups is 6. The first-order valence-electron chi connectivity index (χ1n) is 40.8. The van der Waals surface area contributed by atoms with Crippen molar-refractivity contribution in [1.82, 2.24) is 62.5 Å². The number of hydrogen-bond acceptors (Lipinski definition) is 30. The first-order valence-corrected chi connectivity index (χ1v) is 41.9. The summed E-state index contributed by atoms with van der Waals surface area (Å²) in [5.41, 5.74) is 3.45. The van der Waals surface area contributed by atoms with Gasteiger partial charge in [-0.05, 0) is 166 Å². The Kier molecular flexibility index (Phi) is 31.1. The van der Waals surface area contributed by atoms with Crippen molar-refractivity contribution in [3.8, 4) is 57.1 Å². The van der Waals surface area contributed by atoms with Crippen LogP contribution in [-0.4, -0.2) is 240 Å². The molecule has 9 amide bonds. The lowest BCUT2D eigenvalue weighted by molar-refractivity contribution is -0.334. The van der Waals surface area contributed by atoms with Crippen molar-refractivity contribution in [3.63, 3.8) is 0 Å². The van der Waals surface area contributed by atoms with E-state index < -0.39 is 259 Å². The molecule has 14 rings (SSSR count). The lowest BCUT2D eigenvalue weighted by Crippen LogP contribution is -2.65. The van der Waals surface area contributed by atoms with Gasteiger partial charge < -0.3 is 133 Å². The third-order valence-corrected chi connectivity index (χ3v) is 23.0. The Morgan fingerprint density at radius 1 is 0.736 bits per heavy atom. The lowest BCUT2D eigenvalue weighted by Gasteiger charge is -2.48. The molecule has 0 saturated carbocycles. The van der Waals surface area contributed by atoms with Crippen molar-refractivity contribution in [2.45, 2.75) is 176 Å². The number of nitrogens with zero attached hydrogens (tertiary/aromatic N) is 3. The predicted molar refractivity (Wildman–Crippen MR) is 455 cm³/mol. The minimum Gasteiger partial charge on any atom is -0.508 e. The second-order valence-corrected chi connectivity index (χ2v) is 33.7. The van der Waals surface area contributed by atoms with E-state index in [4.69, 9.17) is 73.8 Å². The van der Waals surface area contributed by atoms with Gasteiger partial charge in [0, 0.05) is 48.4 Å². The van der Waals surface area contributed by atoms with Gasteiger partial charge in [-0.15, -0.1) is 0 Å². The second kappa shape index (κ2) is 41.5. The highest BCUT2D eigenvalue weighted by Gasteiger charge is 2.52. The quantitative estimate of drug-likeness (QED) is 0.0287. The maximum Gasteiger partial charge on any atom is 0.349 e. The van der Waals surface area contributed by atoms with Crippen LogP contribution < -0.4 is 79.0 Å². The topological polar surface area (TPSA) is 585 Å².